The molecule has 3 rings (SSSR count). The van der Waals surface area contributed by atoms with E-state index in [1.807, 2.05) is 26.1 Å². The fourth-order valence-corrected chi connectivity index (χ4v) is 2.26. The van der Waals surface area contributed by atoms with Gasteiger partial charge in [-0.15, -0.1) is 0 Å². The molecule has 2 aromatic rings. The van der Waals surface area contributed by atoms with E-state index >= 15 is 0 Å². The van der Waals surface area contributed by atoms with Crippen LogP contribution in [-0.4, -0.2) is 20.1 Å². The van der Waals surface area contributed by atoms with E-state index in [-0.39, 0.29) is 5.54 Å². The lowest BCUT2D eigenvalue weighted by molar-refractivity contribution is 0.488. The van der Waals surface area contributed by atoms with E-state index in [4.69, 9.17) is 10.7 Å². The Hall–Kier alpha value is -1.42. The molecule has 2 N–H and O–H groups in total. The van der Waals surface area contributed by atoms with Gasteiger partial charge in [0.25, 0.3) is 0 Å². The molecule has 17 heavy (non-hydrogen) atoms. The predicted octanol–water partition coefficient (Wildman–Crippen LogP) is 2.05. The van der Waals surface area contributed by atoms with Crippen molar-refractivity contribution in [3.63, 3.8) is 0 Å². The van der Waals surface area contributed by atoms with Crippen molar-refractivity contribution in [2.45, 2.75) is 44.7 Å². The highest BCUT2D eigenvalue weighted by Crippen LogP contribution is 2.38. The van der Waals surface area contributed by atoms with Gasteiger partial charge in [-0.2, -0.15) is 0 Å². The van der Waals surface area contributed by atoms with Gasteiger partial charge >= 0.3 is 0 Å². The Morgan fingerprint density at radius 1 is 1.47 bits per heavy atom. The smallest absolute Gasteiger partial charge is 0.111 e. The van der Waals surface area contributed by atoms with Crippen LogP contribution in [0, 0.1) is 0 Å². The number of aromatic nitrogens is 3. The van der Waals surface area contributed by atoms with Crippen LogP contribution in [0.5, 0.6) is 0 Å². The Labute approximate surface area is 101 Å². The third-order valence-electron chi connectivity index (χ3n) is 3.09. The molecular formula is C13H18N4. The van der Waals surface area contributed by atoms with Crippen molar-refractivity contribution in [1.82, 2.24) is 14.5 Å². The minimum absolute atomic E-state index is 0.221. The monoisotopic (exact) mass is 230 g/mol. The Bertz CT molecular complexity index is 546. The summed E-state index contributed by atoms with van der Waals surface area (Å²) < 4.78 is 2.33. The van der Waals surface area contributed by atoms with Gasteiger partial charge in [-0.1, -0.05) is 0 Å². The summed E-state index contributed by atoms with van der Waals surface area (Å²) in [5.41, 5.74) is 8.07. The molecule has 90 valence electrons. The van der Waals surface area contributed by atoms with Crippen molar-refractivity contribution >= 4 is 11.0 Å². The summed E-state index contributed by atoms with van der Waals surface area (Å²) in [5.74, 6) is 1.10. The molecule has 4 nitrogen and oxygen atoms in total. The molecule has 0 aliphatic heterocycles. The first kappa shape index (κ1) is 10.7. The van der Waals surface area contributed by atoms with Crippen LogP contribution in [0.2, 0.25) is 0 Å². The second-order valence-corrected chi connectivity index (χ2v) is 5.66. The summed E-state index contributed by atoms with van der Waals surface area (Å²) in [4.78, 5) is 8.90. The number of nitrogens with zero attached hydrogens (tertiary/aromatic N) is 3. The molecule has 0 radical (unpaired) electrons. The van der Waals surface area contributed by atoms with E-state index in [0.29, 0.717) is 6.04 Å². The van der Waals surface area contributed by atoms with E-state index < -0.39 is 0 Å². The lowest BCUT2D eigenvalue weighted by atomic mass is 10.0. The van der Waals surface area contributed by atoms with Crippen LogP contribution in [0.25, 0.3) is 11.0 Å². The largest absolute Gasteiger partial charge is 0.325 e. The topological polar surface area (TPSA) is 56.7 Å². The molecule has 0 spiro atoms. The Morgan fingerprint density at radius 3 is 2.88 bits per heavy atom. The van der Waals surface area contributed by atoms with Gasteiger partial charge in [-0.3, -0.25) is 4.98 Å². The number of nitrogens with two attached hydrogens (primary N) is 1. The van der Waals surface area contributed by atoms with Crippen molar-refractivity contribution in [2.75, 3.05) is 0 Å². The van der Waals surface area contributed by atoms with Gasteiger partial charge in [-0.05, 0) is 32.8 Å². The van der Waals surface area contributed by atoms with E-state index in [0.717, 1.165) is 23.3 Å². The van der Waals surface area contributed by atoms with Crippen LogP contribution < -0.4 is 5.73 Å². The summed E-state index contributed by atoms with van der Waals surface area (Å²) in [7, 11) is 0. The molecule has 1 fully saturated rings. The van der Waals surface area contributed by atoms with Gasteiger partial charge in [0.15, 0.2) is 0 Å². The number of rotatable bonds is 3. The Kier molecular flexibility index (Phi) is 2.23. The minimum atomic E-state index is -0.221. The van der Waals surface area contributed by atoms with Crippen LogP contribution in [0.3, 0.4) is 0 Å². The summed E-state index contributed by atoms with van der Waals surface area (Å²) in [6, 6.07) is 2.59. The minimum Gasteiger partial charge on any atom is -0.325 e. The van der Waals surface area contributed by atoms with Gasteiger partial charge in [0.05, 0.1) is 17.2 Å². The van der Waals surface area contributed by atoms with Crippen LogP contribution in [0.1, 0.15) is 38.6 Å². The van der Waals surface area contributed by atoms with E-state index in [1.165, 1.54) is 12.8 Å². The molecule has 2 aromatic heterocycles. The Balaban J connectivity index is 2.13. The third kappa shape index (κ3) is 2.05. The first-order chi connectivity index (χ1) is 8.04. The zero-order valence-electron chi connectivity index (χ0n) is 10.3. The fourth-order valence-electron chi connectivity index (χ4n) is 2.26. The van der Waals surface area contributed by atoms with Gasteiger partial charge in [0, 0.05) is 24.2 Å². The van der Waals surface area contributed by atoms with Gasteiger partial charge in [0.2, 0.25) is 0 Å². The zero-order valence-corrected chi connectivity index (χ0v) is 10.3. The summed E-state index contributed by atoms with van der Waals surface area (Å²) in [6.07, 6.45) is 7.01. The van der Waals surface area contributed by atoms with Crippen molar-refractivity contribution in [2.24, 2.45) is 5.73 Å². The molecule has 2 heterocycles. The highest BCUT2D eigenvalue weighted by molar-refractivity contribution is 5.75. The van der Waals surface area contributed by atoms with Gasteiger partial charge in [0.1, 0.15) is 5.82 Å². The highest BCUT2D eigenvalue weighted by Gasteiger charge is 2.29. The van der Waals surface area contributed by atoms with Crippen LogP contribution in [-0.2, 0) is 6.42 Å². The number of hydrogen-bond acceptors (Lipinski definition) is 3. The number of fused-ring (bicyclic) bond motifs is 1. The Morgan fingerprint density at radius 2 is 2.24 bits per heavy atom. The average Bonchev–Trinajstić information content (AvgIpc) is 2.98. The second-order valence-electron chi connectivity index (χ2n) is 5.66. The molecule has 0 unspecified atom stereocenters. The molecule has 0 saturated heterocycles. The zero-order chi connectivity index (χ0) is 12.0. The first-order valence-electron chi connectivity index (χ1n) is 6.14. The standard InChI is InChI=1S/C13H18N4/c1-13(2,14)7-12-16-10-5-6-15-8-11(10)17(12)9-3-4-9/h5-6,8-9H,3-4,7,14H2,1-2H3. The summed E-state index contributed by atoms with van der Waals surface area (Å²) >= 11 is 0. The highest BCUT2D eigenvalue weighted by atomic mass is 15.1. The summed E-state index contributed by atoms with van der Waals surface area (Å²) in [6.45, 7) is 4.09. The summed E-state index contributed by atoms with van der Waals surface area (Å²) in [5, 5.41) is 0. The van der Waals surface area contributed by atoms with Crippen LogP contribution in [0.4, 0.5) is 0 Å². The second kappa shape index (κ2) is 3.53. The maximum atomic E-state index is 6.11. The predicted molar refractivity (Wildman–Crippen MR) is 67.8 cm³/mol. The molecule has 0 aromatic carbocycles. The number of imidazole rings is 1. The molecule has 0 bridgehead atoms. The van der Waals surface area contributed by atoms with Crippen molar-refractivity contribution < 1.29 is 0 Å². The maximum Gasteiger partial charge on any atom is 0.111 e. The lowest BCUT2D eigenvalue weighted by Gasteiger charge is -2.18. The molecular weight excluding hydrogens is 212 g/mol. The van der Waals surface area contributed by atoms with Gasteiger partial charge < -0.3 is 10.3 Å². The molecule has 0 atom stereocenters. The molecule has 1 aliphatic carbocycles. The average molecular weight is 230 g/mol. The number of hydrogen-bond donors (Lipinski definition) is 1. The third-order valence-corrected chi connectivity index (χ3v) is 3.09. The lowest BCUT2D eigenvalue weighted by Crippen LogP contribution is -2.35. The van der Waals surface area contributed by atoms with E-state index in [2.05, 4.69) is 9.55 Å². The normalized spacial score (nSPS) is 16.6. The molecule has 0 amide bonds. The first-order valence-corrected chi connectivity index (χ1v) is 6.14. The molecule has 1 saturated carbocycles. The quantitative estimate of drug-likeness (QED) is 0.878. The molecule has 4 heteroatoms. The van der Waals surface area contributed by atoms with Crippen molar-refractivity contribution in [3.05, 3.63) is 24.3 Å². The van der Waals surface area contributed by atoms with E-state index in [1.54, 1.807) is 6.20 Å². The number of pyridine rings is 1. The van der Waals surface area contributed by atoms with Crippen LogP contribution in [0.15, 0.2) is 18.5 Å². The maximum absolute atomic E-state index is 6.11. The van der Waals surface area contributed by atoms with Crippen molar-refractivity contribution in [1.29, 1.82) is 0 Å². The van der Waals surface area contributed by atoms with E-state index in [9.17, 15) is 0 Å². The molecule has 1 aliphatic rings. The van der Waals surface area contributed by atoms with Crippen molar-refractivity contribution in [3.8, 4) is 0 Å². The SMILES string of the molecule is CC(C)(N)Cc1nc2ccncc2n1C1CC1. The fraction of sp³-hybridized carbons (Fsp3) is 0.538. The van der Waals surface area contributed by atoms with Gasteiger partial charge in [-0.25, -0.2) is 4.98 Å². The van der Waals surface area contributed by atoms with Crippen LogP contribution >= 0.6 is 0 Å².